The van der Waals surface area contributed by atoms with E-state index in [0.29, 0.717) is 6.07 Å². The molecule has 0 aliphatic carbocycles. The Morgan fingerprint density at radius 3 is 2.10 bits per heavy atom. The number of nitrogens with zero attached hydrogens (tertiary/aromatic N) is 5. The third-order valence-corrected chi connectivity index (χ3v) is 2.20. The molecule has 0 spiro atoms. The molecular weight excluding hydrogens is 278 g/mol. The highest BCUT2D eigenvalue weighted by Crippen LogP contribution is 2.31. The van der Waals surface area contributed by atoms with Gasteiger partial charge in [0.1, 0.15) is 0 Å². The molecule has 1 aromatic carbocycles. The number of hydrogen-bond donors (Lipinski definition) is 0. The molecule has 0 amide bonds. The second kappa shape index (κ2) is 5.64. The van der Waals surface area contributed by atoms with Crippen LogP contribution < -0.4 is 0 Å². The summed E-state index contributed by atoms with van der Waals surface area (Å²) in [6, 6.07) is 2.38. The van der Waals surface area contributed by atoms with Crippen molar-refractivity contribution in [2.45, 2.75) is 13.1 Å². The lowest BCUT2D eigenvalue weighted by Gasteiger charge is -2.02. The van der Waals surface area contributed by atoms with Gasteiger partial charge in [-0.05, 0) is 10.9 Å². The van der Waals surface area contributed by atoms with Crippen molar-refractivity contribution in [1.29, 1.82) is 0 Å². The molecule has 0 aromatic heterocycles. The highest BCUT2D eigenvalue weighted by Gasteiger charge is 2.26. The summed E-state index contributed by atoms with van der Waals surface area (Å²) in [6.07, 6.45) is -1.75. The van der Waals surface area contributed by atoms with Crippen molar-refractivity contribution in [2.24, 2.45) is 5.11 Å². The van der Waals surface area contributed by atoms with Crippen LogP contribution in [0.25, 0.3) is 0 Å². The van der Waals surface area contributed by atoms with Gasteiger partial charge in [0.15, 0.2) is 0 Å². The van der Waals surface area contributed by atoms with Gasteiger partial charge >= 0.3 is 11.9 Å². The van der Waals surface area contributed by atoms with Crippen molar-refractivity contribution >= 4 is 17.1 Å². The Balaban J connectivity index is 3.31. The molecule has 1 aromatic rings. The van der Waals surface area contributed by atoms with Crippen LogP contribution in [0.3, 0.4) is 0 Å². The Morgan fingerprint density at radius 1 is 1.05 bits per heavy atom. The molecule has 0 fully saturated rings. The van der Waals surface area contributed by atoms with E-state index in [-0.39, 0.29) is 4.86 Å². The molecular formula is C8H7N5O7. The van der Waals surface area contributed by atoms with E-state index in [1.807, 2.05) is 0 Å². The second-order valence-corrected chi connectivity index (χ2v) is 3.51. The van der Waals surface area contributed by atoms with Crippen molar-refractivity contribution in [3.05, 3.63) is 53.7 Å². The smallest absolute Gasteiger partial charge is 0.428 e. The van der Waals surface area contributed by atoms with E-state index >= 15 is 0 Å². The molecule has 0 saturated heterocycles. The highest BCUT2D eigenvalue weighted by atomic mass is 16.6. The van der Waals surface area contributed by atoms with Crippen molar-refractivity contribution in [1.82, 2.24) is 0 Å². The van der Waals surface area contributed by atoms with Gasteiger partial charge < -0.3 is 5.21 Å². The Morgan fingerprint density at radius 2 is 1.65 bits per heavy atom. The standard InChI is InChI=1S/C8H7N5O7/c1-5(11(15)16)10(14)9-7-3-2-6(12(17)18)4-8(7)13(19)20/h2-5H,1H3. The third kappa shape index (κ3) is 3.18. The molecule has 106 valence electrons. The van der Waals surface area contributed by atoms with Gasteiger partial charge in [0.25, 0.3) is 5.69 Å². The molecule has 0 aliphatic rings. The number of benzene rings is 1. The predicted molar refractivity (Wildman–Crippen MR) is 61.9 cm³/mol. The van der Waals surface area contributed by atoms with Crippen LogP contribution in [0.2, 0.25) is 0 Å². The average molecular weight is 285 g/mol. The molecule has 0 bridgehead atoms. The Labute approximate surface area is 110 Å². The normalized spacial score (nSPS) is 12.8. The summed E-state index contributed by atoms with van der Waals surface area (Å²) in [5, 5.41) is 46.1. The van der Waals surface area contributed by atoms with E-state index in [1.54, 1.807) is 0 Å². The van der Waals surface area contributed by atoms with Gasteiger partial charge in [0, 0.05) is 11.2 Å². The second-order valence-electron chi connectivity index (χ2n) is 3.51. The van der Waals surface area contributed by atoms with E-state index < -0.39 is 38.0 Å². The maximum atomic E-state index is 11.3. The fourth-order valence-corrected chi connectivity index (χ4v) is 1.13. The molecule has 1 atom stereocenters. The molecule has 1 rings (SSSR count). The van der Waals surface area contributed by atoms with Crippen LogP contribution in [0.1, 0.15) is 6.92 Å². The van der Waals surface area contributed by atoms with Crippen LogP contribution in [0.4, 0.5) is 17.1 Å². The zero-order chi connectivity index (χ0) is 15.4. The maximum absolute atomic E-state index is 11.3. The van der Waals surface area contributed by atoms with Crippen LogP contribution in [-0.4, -0.2) is 25.8 Å². The van der Waals surface area contributed by atoms with E-state index in [4.69, 9.17) is 0 Å². The van der Waals surface area contributed by atoms with Crippen molar-refractivity contribution in [3.8, 4) is 0 Å². The Bertz CT molecular complexity index is 613. The predicted octanol–water partition coefficient (Wildman–Crippen LogP) is 1.72. The zero-order valence-electron chi connectivity index (χ0n) is 9.90. The summed E-state index contributed by atoms with van der Waals surface area (Å²) in [7, 11) is 0. The minimum atomic E-state index is -1.75. The van der Waals surface area contributed by atoms with Crippen LogP contribution in [0.15, 0.2) is 23.3 Å². The van der Waals surface area contributed by atoms with E-state index in [9.17, 15) is 35.6 Å². The molecule has 0 saturated carbocycles. The Hall–Kier alpha value is -3.18. The zero-order valence-corrected chi connectivity index (χ0v) is 9.90. The number of non-ortho nitro benzene ring substituents is 1. The lowest BCUT2D eigenvalue weighted by molar-refractivity contribution is -0.756. The highest BCUT2D eigenvalue weighted by molar-refractivity contribution is 5.61. The summed E-state index contributed by atoms with van der Waals surface area (Å²) >= 11 is 0. The summed E-state index contributed by atoms with van der Waals surface area (Å²) in [5.74, 6) is 0. The molecule has 12 heteroatoms. The average Bonchev–Trinajstić information content (AvgIpc) is 2.37. The largest absolute Gasteiger partial charge is 0.594 e. The minimum Gasteiger partial charge on any atom is -0.594 e. The van der Waals surface area contributed by atoms with Gasteiger partial charge in [-0.3, -0.25) is 30.3 Å². The lowest BCUT2D eigenvalue weighted by Crippen LogP contribution is -2.25. The summed E-state index contributed by atoms with van der Waals surface area (Å²) in [4.78, 5) is 28.5. The van der Waals surface area contributed by atoms with Gasteiger partial charge in [-0.25, -0.2) is 0 Å². The first kappa shape index (κ1) is 14.9. The van der Waals surface area contributed by atoms with Gasteiger partial charge in [0.2, 0.25) is 5.69 Å². The van der Waals surface area contributed by atoms with Gasteiger partial charge in [-0.15, -0.1) is 0 Å². The SMILES string of the molecule is CC([N+](=O)[O-])[N+]([O-])=Nc1ccc([N+](=O)[O-])cc1[N+](=O)[O-]. The van der Waals surface area contributed by atoms with Crippen LogP contribution in [0.5, 0.6) is 0 Å². The van der Waals surface area contributed by atoms with Crippen LogP contribution in [0, 0.1) is 35.6 Å². The first-order chi connectivity index (χ1) is 9.23. The molecule has 12 nitrogen and oxygen atoms in total. The lowest BCUT2D eigenvalue weighted by atomic mass is 10.2. The van der Waals surface area contributed by atoms with E-state index in [2.05, 4.69) is 5.11 Å². The maximum Gasteiger partial charge on any atom is 0.428 e. The summed E-state index contributed by atoms with van der Waals surface area (Å²) in [6.45, 7) is 0.938. The minimum absolute atomic E-state index is 0.325. The third-order valence-electron chi connectivity index (χ3n) is 2.20. The van der Waals surface area contributed by atoms with Gasteiger partial charge in [-0.1, -0.05) is 0 Å². The first-order valence-corrected chi connectivity index (χ1v) is 4.98. The number of nitro groups is 3. The monoisotopic (exact) mass is 285 g/mol. The first-order valence-electron chi connectivity index (χ1n) is 4.98. The molecule has 0 heterocycles. The number of rotatable bonds is 5. The molecule has 20 heavy (non-hydrogen) atoms. The van der Waals surface area contributed by atoms with E-state index in [1.165, 1.54) is 0 Å². The number of nitro benzene ring substituents is 2. The van der Waals surface area contributed by atoms with Gasteiger partial charge in [-0.2, -0.15) is 0 Å². The molecule has 0 aliphatic heterocycles. The van der Waals surface area contributed by atoms with Crippen molar-refractivity contribution < 1.29 is 19.6 Å². The van der Waals surface area contributed by atoms with E-state index in [0.717, 1.165) is 19.1 Å². The number of hydroxylamine groups is 1. The molecule has 1 unspecified atom stereocenters. The fraction of sp³-hybridized carbons (Fsp3) is 0.250. The van der Waals surface area contributed by atoms with Crippen molar-refractivity contribution in [3.63, 3.8) is 0 Å². The Kier molecular flexibility index (Phi) is 4.20. The molecule has 0 N–H and O–H groups in total. The summed E-state index contributed by atoms with van der Waals surface area (Å²) in [5.41, 5.74) is -1.87. The molecule has 0 radical (unpaired) electrons. The summed E-state index contributed by atoms with van der Waals surface area (Å²) < 4.78 is 0. The van der Waals surface area contributed by atoms with Crippen molar-refractivity contribution in [2.75, 3.05) is 0 Å². The van der Waals surface area contributed by atoms with Crippen LogP contribution >= 0.6 is 0 Å². The number of hydrogen-bond acceptors (Lipinski definition) is 8. The van der Waals surface area contributed by atoms with Crippen LogP contribution in [-0.2, 0) is 0 Å². The number of azo groups is 1. The quantitative estimate of drug-likeness (QED) is 0.260. The topological polar surface area (TPSA) is 168 Å². The fourth-order valence-electron chi connectivity index (χ4n) is 1.13. The van der Waals surface area contributed by atoms with Gasteiger partial charge in [0.05, 0.1) is 27.8 Å².